The van der Waals surface area contributed by atoms with Crippen molar-refractivity contribution in [2.75, 3.05) is 44.9 Å². The monoisotopic (exact) mass is 786 g/mol. The number of likely N-dealkylation sites (tertiary alicyclic amines) is 1. The summed E-state index contributed by atoms with van der Waals surface area (Å²) in [7, 11) is -0.938. The molecular formula is C35H44F6N6O6Si. The van der Waals surface area contributed by atoms with Gasteiger partial charge in [-0.05, 0) is 42.2 Å². The predicted molar refractivity (Wildman–Crippen MR) is 187 cm³/mol. The normalized spacial score (nSPS) is 20.1. The summed E-state index contributed by atoms with van der Waals surface area (Å²) in [5.41, 5.74) is -3.30. The highest BCUT2D eigenvalue weighted by Gasteiger charge is 2.47. The van der Waals surface area contributed by atoms with Gasteiger partial charge < -0.3 is 28.4 Å². The van der Waals surface area contributed by atoms with Gasteiger partial charge in [0.15, 0.2) is 19.6 Å². The molecule has 1 aromatic carbocycles. The Morgan fingerprint density at radius 3 is 2.15 bits per heavy atom. The fourth-order valence-electron chi connectivity index (χ4n) is 6.11. The topological polar surface area (TPSA) is 121 Å². The molecule has 0 N–H and O–H groups in total. The van der Waals surface area contributed by atoms with Crippen LogP contribution >= 0.6 is 0 Å². The molecule has 0 saturated carbocycles. The number of amides is 1. The van der Waals surface area contributed by atoms with Gasteiger partial charge in [-0.2, -0.15) is 31.4 Å². The number of nitrogens with zero attached hydrogens (tertiary/aromatic N) is 6. The molecule has 296 valence electrons. The molecule has 2 aromatic heterocycles. The van der Waals surface area contributed by atoms with E-state index in [0.717, 1.165) is 18.6 Å². The van der Waals surface area contributed by atoms with E-state index in [2.05, 4.69) is 48.9 Å². The van der Waals surface area contributed by atoms with E-state index in [4.69, 9.17) is 18.6 Å². The van der Waals surface area contributed by atoms with Crippen LogP contribution in [0.3, 0.4) is 0 Å². The van der Waals surface area contributed by atoms with Gasteiger partial charge in [-0.3, -0.25) is 9.59 Å². The number of hydrogen-bond acceptors (Lipinski definition) is 10. The molecule has 12 nitrogen and oxygen atoms in total. The maximum atomic E-state index is 14.1. The molecule has 0 aliphatic carbocycles. The van der Waals surface area contributed by atoms with Gasteiger partial charge in [-0.25, -0.2) is 14.6 Å². The van der Waals surface area contributed by atoms with Crippen molar-refractivity contribution in [1.29, 1.82) is 0 Å². The van der Waals surface area contributed by atoms with Gasteiger partial charge in [0, 0.05) is 38.4 Å². The molecule has 3 atom stereocenters. The molecule has 2 saturated heterocycles. The molecular weight excluding hydrogens is 742 g/mol. The van der Waals surface area contributed by atoms with Crippen molar-refractivity contribution in [2.24, 2.45) is 0 Å². The molecule has 0 bridgehead atoms. The molecule has 5 rings (SSSR count). The molecule has 3 unspecified atom stereocenters. The maximum Gasteiger partial charge on any atom is 0.425 e. The van der Waals surface area contributed by atoms with Crippen LogP contribution in [0, 0.1) is 0 Å². The third-order valence-corrected chi connectivity index (χ3v) is 14.6. The number of carbonyl (C=O) groups excluding carboxylic acids is 1. The van der Waals surface area contributed by atoms with Crippen LogP contribution in [0.15, 0.2) is 47.7 Å². The van der Waals surface area contributed by atoms with Crippen LogP contribution in [0.5, 0.6) is 11.5 Å². The largest absolute Gasteiger partial charge is 0.497 e. The highest BCUT2D eigenvalue weighted by Crippen LogP contribution is 2.40. The fourth-order valence-corrected chi connectivity index (χ4v) is 7.45. The van der Waals surface area contributed by atoms with E-state index in [1.165, 1.54) is 7.11 Å². The highest BCUT2D eigenvalue weighted by atomic mass is 28.4. The SMILES string of the molecule is COc1ccc(Cn2ncc(OCCOC3CCN(C4CCN(c5ncc(C(F)(F)F)cn5)CC4O[Si](C)(C)C(C)(C)C)C3=O)c(C(F)(F)F)c2=O)cc1. The average Bonchev–Trinajstić information content (AvgIpc) is 3.45. The van der Waals surface area contributed by atoms with Gasteiger partial charge in [-0.1, -0.05) is 32.9 Å². The maximum absolute atomic E-state index is 14.1. The lowest BCUT2D eigenvalue weighted by Gasteiger charge is -2.47. The van der Waals surface area contributed by atoms with Crippen LogP contribution in [0.1, 0.15) is 50.3 Å². The number of aromatic nitrogens is 4. The van der Waals surface area contributed by atoms with Gasteiger partial charge in [0.1, 0.15) is 18.5 Å². The third kappa shape index (κ3) is 9.34. The zero-order chi connectivity index (χ0) is 39.6. The lowest BCUT2D eigenvalue weighted by Crippen LogP contribution is -2.60. The Morgan fingerprint density at radius 2 is 1.56 bits per heavy atom. The third-order valence-electron chi connectivity index (χ3n) is 10.1. The summed E-state index contributed by atoms with van der Waals surface area (Å²) >= 11 is 0. The summed E-state index contributed by atoms with van der Waals surface area (Å²) in [5.74, 6) is -0.404. The highest BCUT2D eigenvalue weighted by molar-refractivity contribution is 6.74. The number of ether oxygens (including phenoxy) is 3. The van der Waals surface area contributed by atoms with Gasteiger partial charge >= 0.3 is 12.4 Å². The van der Waals surface area contributed by atoms with E-state index in [9.17, 15) is 35.9 Å². The Hall–Kier alpha value is -4.23. The van der Waals surface area contributed by atoms with E-state index < -0.39 is 55.3 Å². The van der Waals surface area contributed by atoms with Crippen molar-refractivity contribution in [1.82, 2.24) is 24.6 Å². The number of hydrogen-bond donors (Lipinski definition) is 0. The van der Waals surface area contributed by atoms with Crippen LogP contribution in [0.25, 0.3) is 0 Å². The first kappa shape index (κ1) is 40.9. The predicted octanol–water partition coefficient (Wildman–Crippen LogP) is 5.79. The lowest BCUT2D eigenvalue weighted by molar-refractivity contribution is -0.142. The van der Waals surface area contributed by atoms with Crippen molar-refractivity contribution in [3.05, 3.63) is 69.9 Å². The second kappa shape index (κ2) is 15.9. The van der Waals surface area contributed by atoms with E-state index in [0.29, 0.717) is 41.9 Å². The molecule has 3 aromatic rings. The summed E-state index contributed by atoms with van der Waals surface area (Å²) in [4.78, 5) is 37.9. The zero-order valence-corrected chi connectivity index (χ0v) is 31.8. The van der Waals surface area contributed by atoms with Crippen LogP contribution in [-0.4, -0.2) is 97.1 Å². The number of alkyl halides is 6. The van der Waals surface area contributed by atoms with Crippen molar-refractivity contribution in [3.63, 3.8) is 0 Å². The zero-order valence-electron chi connectivity index (χ0n) is 30.8. The second-order valence-corrected chi connectivity index (χ2v) is 19.5. The number of carbonyl (C=O) groups is 1. The summed E-state index contributed by atoms with van der Waals surface area (Å²) in [5, 5.41) is 3.70. The Kier molecular flexibility index (Phi) is 12.0. The first-order chi connectivity index (χ1) is 25.2. The first-order valence-electron chi connectivity index (χ1n) is 17.4. The molecule has 4 heterocycles. The van der Waals surface area contributed by atoms with Gasteiger partial charge in [0.2, 0.25) is 5.95 Å². The minimum Gasteiger partial charge on any atom is -0.497 e. The molecule has 0 radical (unpaired) electrons. The lowest BCUT2D eigenvalue weighted by atomic mass is 10.0. The summed E-state index contributed by atoms with van der Waals surface area (Å²) in [6.45, 7) is 10.4. The number of rotatable bonds is 12. The van der Waals surface area contributed by atoms with Crippen molar-refractivity contribution >= 4 is 20.2 Å². The van der Waals surface area contributed by atoms with Crippen LogP contribution in [-0.2, 0) is 32.9 Å². The van der Waals surface area contributed by atoms with E-state index >= 15 is 0 Å². The Bertz CT molecular complexity index is 1820. The second-order valence-electron chi connectivity index (χ2n) is 14.7. The summed E-state index contributed by atoms with van der Waals surface area (Å²) in [6.07, 6.45) is -7.97. The Morgan fingerprint density at radius 1 is 0.889 bits per heavy atom. The smallest absolute Gasteiger partial charge is 0.425 e. The molecule has 2 fully saturated rings. The minimum absolute atomic E-state index is 0.123. The number of halogens is 6. The molecule has 1 amide bonds. The summed E-state index contributed by atoms with van der Waals surface area (Å²) in [6, 6.07) is 6.06. The van der Waals surface area contributed by atoms with Crippen LogP contribution in [0.4, 0.5) is 32.3 Å². The Labute approximate surface area is 309 Å². The Balaban J connectivity index is 1.23. The fraction of sp³-hybridized carbons (Fsp3) is 0.571. The van der Waals surface area contributed by atoms with E-state index in [-0.39, 0.29) is 49.2 Å². The van der Waals surface area contributed by atoms with Crippen molar-refractivity contribution < 1.29 is 49.8 Å². The molecule has 0 spiro atoms. The quantitative estimate of drug-likeness (QED) is 0.127. The standard InChI is InChI=1S/C35H44F6N6O6Si/c1-33(2,3)54(5,6)53-28-21-45(32-42-17-23(18-43-32)34(36,37)38)13-11-25(28)46-14-12-26(30(46)48)51-15-16-52-27-19-44-47(31(49)29(27)35(39,40)41)20-22-7-9-24(50-4)10-8-22/h7-10,17-19,25-26,28H,11-16,20-21H2,1-6H3. The van der Waals surface area contributed by atoms with Gasteiger partial charge in [-0.15, -0.1) is 0 Å². The number of piperidine rings is 1. The first-order valence-corrected chi connectivity index (χ1v) is 20.3. The number of benzene rings is 1. The molecule has 2 aliphatic rings. The minimum atomic E-state index is -5.03. The van der Waals surface area contributed by atoms with E-state index in [1.54, 1.807) is 34.1 Å². The molecule has 19 heteroatoms. The number of anilines is 1. The van der Waals surface area contributed by atoms with Crippen molar-refractivity contribution in [3.8, 4) is 11.5 Å². The van der Waals surface area contributed by atoms with Gasteiger partial charge in [0.25, 0.3) is 11.5 Å². The van der Waals surface area contributed by atoms with Crippen LogP contribution in [0.2, 0.25) is 18.1 Å². The van der Waals surface area contributed by atoms with Crippen molar-refractivity contribution in [2.45, 2.75) is 88.9 Å². The summed E-state index contributed by atoms with van der Waals surface area (Å²) < 4.78 is 105. The molecule has 54 heavy (non-hydrogen) atoms. The average molecular weight is 787 g/mol. The number of methoxy groups -OCH3 is 1. The van der Waals surface area contributed by atoms with E-state index in [1.807, 2.05) is 0 Å². The van der Waals surface area contributed by atoms with Gasteiger partial charge in [0.05, 0.1) is 44.2 Å². The van der Waals surface area contributed by atoms with Crippen LogP contribution < -0.4 is 19.9 Å². The molecule has 2 aliphatic heterocycles.